The molecule has 2 heterocycles. The van der Waals surface area contributed by atoms with E-state index in [0.717, 1.165) is 16.0 Å². The van der Waals surface area contributed by atoms with E-state index in [-0.39, 0.29) is 11.7 Å². The van der Waals surface area contributed by atoms with Crippen LogP contribution in [-0.2, 0) is 16.1 Å². The fourth-order valence-corrected chi connectivity index (χ4v) is 5.96. The third-order valence-electron chi connectivity index (χ3n) is 5.56. The molecular weight excluding hydrogens is 532 g/mol. The molecule has 0 radical (unpaired) electrons. The summed E-state index contributed by atoms with van der Waals surface area (Å²) >= 11 is 8.79. The second-order valence-corrected chi connectivity index (χ2v) is 10.4. The van der Waals surface area contributed by atoms with Crippen molar-refractivity contribution in [1.29, 1.82) is 0 Å². The highest BCUT2D eigenvalue weighted by Crippen LogP contribution is 2.40. The molecule has 0 aliphatic heterocycles. The first-order valence-corrected chi connectivity index (χ1v) is 13.5. The summed E-state index contributed by atoms with van der Waals surface area (Å²) < 4.78 is 12.4. The number of benzene rings is 2. The molecule has 8 nitrogen and oxygen atoms in total. The van der Waals surface area contributed by atoms with Gasteiger partial charge in [0.25, 0.3) is 0 Å². The Hall–Kier alpha value is -3.34. The number of halogens is 1. The van der Waals surface area contributed by atoms with Gasteiger partial charge in [0.1, 0.15) is 16.3 Å². The highest BCUT2D eigenvalue weighted by atomic mass is 35.5. The maximum Gasteiger partial charge on any atom is 0.341 e. The van der Waals surface area contributed by atoms with Crippen LogP contribution >= 0.6 is 34.7 Å². The van der Waals surface area contributed by atoms with E-state index in [1.54, 1.807) is 25.3 Å². The third kappa shape index (κ3) is 5.66. The lowest BCUT2D eigenvalue weighted by atomic mass is 10.0. The van der Waals surface area contributed by atoms with Gasteiger partial charge in [0.2, 0.25) is 5.91 Å². The highest BCUT2D eigenvalue weighted by Gasteiger charge is 2.25. The molecule has 192 valence electrons. The van der Waals surface area contributed by atoms with Crippen molar-refractivity contribution in [1.82, 2.24) is 14.8 Å². The lowest BCUT2D eigenvalue weighted by Gasteiger charge is -2.11. The largest absolute Gasteiger partial charge is 0.496 e. The van der Waals surface area contributed by atoms with Gasteiger partial charge >= 0.3 is 5.97 Å². The fourth-order valence-electron chi connectivity index (χ4n) is 3.91. The molecule has 0 fully saturated rings. The third-order valence-corrected chi connectivity index (χ3v) is 7.78. The zero-order valence-corrected chi connectivity index (χ0v) is 23.1. The van der Waals surface area contributed by atoms with Gasteiger partial charge in [-0.2, -0.15) is 0 Å². The molecule has 0 aliphatic rings. The fraction of sp³-hybridized carbons (Fsp3) is 0.231. The number of ether oxygens (including phenoxy) is 2. The van der Waals surface area contributed by atoms with Gasteiger partial charge in [-0.25, -0.2) is 4.79 Å². The van der Waals surface area contributed by atoms with Crippen LogP contribution in [0.3, 0.4) is 0 Å². The van der Waals surface area contributed by atoms with E-state index in [9.17, 15) is 9.59 Å². The molecule has 0 spiro atoms. The molecule has 4 aromatic rings. The average Bonchev–Trinajstić information content (AvgIpc) is 3.47. The number of carbonyl (C=O) groups excluding carboxylic acids is 2. The van der Waals surface area contributed by atoms with Gasteiger partial charge in [0.15, 0.2) is 11.0 Å². The molecule has 11 heteroatoms. The molecule has 1 N–H and O–H groups in total. The summed E-state index contributed by atoms with van der Waals surface area (Å²) in [5, 5.41) is 13.1. The number of thiophene rings is 1. The van der Waals surface area contributed by atoms with Gasteiger partial charge in [-0.15, -0.1) is 21.5 Å². The Morgan fingerprint density at radius 3 is 2.57 bits per heavy atom. The van der Waals surface area contributed by atoms with Crippen molar-refractivity contribution >= 4 is 51.6 Å². The van der Waals surface area contributed by atoms with Crippen LogP contribution in [0.1, 0.15) is 22.2 Å². The Labute approximate surface area is 228 Å². The topological polar surface area (TPSA) is 95.3 Å². The second-order valence-electron chi connectivity index (χ2n) is 7.83. The van der Waals surface area contributed by atoms with Crippen LogP contribution in [0.25, 0.3) is 22.5 Å². The van der Waals surface area contributed by atoms with Crippen molar-refractivity contribution < 1.29 is 19.1 Å². The van der Waals surface area contributed by atoms with E-state index in [1.807, 2.05) is 48.7 Å². The van der Waals surface area contributed by atoms with Crippen LogP contribution < -0.4 is 10.1 Å². The number of aryl methyl sites for hydroxylation is 1. The minimum Gasteiger partial charge on any atom is -0.496 e. The smallest absolute Gasteiger partial charge is 0.341 e. The van der Waals surface area contributed by atoms with Crippen LogP contribution in [0.2, 0.25) is 5.02 Å². The lowest BCUT2D eigenvalue weighted by molar-refractivity contribution is -0.113. The Balaban J connectivity index is 1.55. The molecule has 2 aromatic carbocycles. The van der Waals surface area contributed by atoms with Crippen molar-refractivity contribution in [3.63, 3.8) is 0 Å². The van der Waals surface area contributed by atoms with E-state index in [2.05, 4.69) is 15.5 Å². The molecule has 0 saturated heterocycles. The number of thioether (sulfide) groups is 1. The van der Waals surface area contributed by atoms with Crippen LogP contribution in [-0.4, -0.2) is 46.6 Å². The van der Waals surface area contributed by atoms with Crippen molar-refractivity contribution in [2.45, 2.75) is 25.5 Å². The molecule has 0 bridgehead atoms. The summed E-state index contributed by atoms with van der Waals surface area (Å²) in [5.74, 6) is 0.515. The maximum atomic E-state index is 13.0. The summed E-state index contributed by atoms with van der Waals surface area (Å²) in [6, 6.07) is 14.9. The van der Waals surface area contributed by atoms with Crippen LogP contribution in [0.4, 0.5) is 5.00 Å². The number of methoxy groups -OCH3 is 2. The quantitative estimate of drug-likeness (QED) is 0.194. The number of esters is 1. The number of amides is 1. The standard InChI is InChI=1S/C26H25ClN4O4S2/c1-5-31-23(18-13-17(27)11-12-19(18)34-3)29-30-26(31)36-14-20(32)28-24-22(25(33)35-4)21(15(2)37-24)16-9-7-6-8-10-16/h6-13H,5,14H2,1-4H3,(H,28,32). The molecule has 4 rings (SSSR count). The number of rotatable bonds is 9. The molecule has 0 saturated carbocycles. The molecule has 1 amide bonds. The summed E-state index contributed by atoms with van der Waals surface area (Å²) in [5.41, 5.74) is 2.70. The lowest BCUT2D eigenvalue weighted by Crippen LogP contribution is -2.16. The predicted octanol–water partition coefficient (Wildman–Crippen LogP) is 6.18. The maximum absolute atomic E-state index is 13.0. The number of hydrogen-bond acceptors (Lipinski definition) is 8. The van der Waals surface area contributed by atoms with Crippen molar-refractivity contribution in [3.05, 3.63) is 64.0 Å². The SMILES string of the molecule is CCn1c(SCC(=O)Nc2sc(C)c(-c3ccccc3)c2C(=O)OC)nnc1-c1cc(Cl)ccc1OC. The van der Waals surface area contributed by atoms with E-state index >= 15 is 0 Å². The predicted molar refractivity (Wildman–Crippen MR) is 148 cm³/mol. The second kappa shape index (κ2) is 11.8. The summed E-state index contributed by atoms with van der Waals surface area (Å²) in [6.07, 6.45) is 0. The van der Waals surface area contributed by atoms with Crippen molar-refractivity contribution in [2.24, 2.45) is 0 Å². The zero-order chi connectivity index (χ0) is 26.5. The van der Waals surface area contributed by atoms with Crippen molar-refractivity contribution in [2.75, 3.05) is 25.3 Å². The van der Waals surface area contributed by atoms with E-state index in [1.165, 1.54) is 30.2 Å². The molecule has 0 unspecified atom stereocenters. The Bertz CT molecular complexity index is 1440. The van der Waals surface area contributed by atoms with Gasteiger partial charge in [-0.05, 0) is 37.6 Å². The van der Waals surface area contributed by atoms with E-state index in [0.29, 0.717) is 44.4 Å². The Morgan fingerprint density at radius 1 is 1.14 bits per heavy atom. The molecule has 37 heavy (non-hydrogen) atoms. The number of anilines is 1. The van der Waals surface area contributed by atoms with Crippen LogP contribution in [0, 0.1) is 6.92 Å². The first-order chi connectivity index (χ1) is 17.9. The number of hydrogen-bond donors (Lipinski definition) is 1. The number of carbonyl (C=O) groups is 2. The minimum absolute atomic E-state index is 0.0725. The zero-order valence-electron chi connectivity index (χ0n) is 20.7. The summed E-state index contributed by atoms with van der Waals surface area (Å²) in [7, 11) is 2.91. The van der Waals surface area contributed by atoms with Crippen molar-refractivity contribution in [3.8, 4) is 28.3 Å². The Kier molecular flexibility index (Phi) is 8.52. The van der Waals surface area contributed by atoms with E-state index < -0.39 is 5.97 Å². The van der Waals surface area contributed by atoms with Crippen LogP contribution in [0.5, 0.6) is 5.75 Å². The number of aromatic nitrogens is 3. The van der Waals surface area contributed by atoms with Gasteiger partial charge in [0, 0.05) is 22.0 Å². The van der Waals surface area contributed by atoms with Gasteiger partial charge in [-0.1, -0.05) is 53.7 Å². The summed E-state index contributed by atoms with van der Waals surface area (Å²) in [6.45, 7) is 4.47. The minimum atomic E-state index is -0.503. The average molecular weight is 557 g/mol. The van der Waals surface area contributed by atoms with Gasteiger partial charge in [0.05, 0.1) is 25.5 Å². The number of nitrogens with one attached hydrogen (secondary N) is 1. The first kappa shape index (κ1) is 26.7. The Morgan fingerprint density at radius 2 is 1.89 bits per heavy atom. The normalized spacial score (nSPS) is 10.8. The van der Waals surface area contributed by atoms with Gasteiger partial charge < -0.3 is 19.4 Å². The van der Waals surface area contributed by atoms with Crippen LogP contribution in [0.15, 0.2) is 53.7 Å². The first-order valence-electron chi connectivity index (χ1n) is 11.3. The summed E-state index contributed by atoms with van der Waals surface area (Å²) in [4.78, 5) is 26.5. The molecule has 0 atom stereocenters. The number of nitrogens with zero attached hydrogens (tertiary/aromatic N) is 3. The van der Waals surface area contributed by atoms with E-state index in [4.69, 9.17) is 21.1 Å². The molecular formula is C26H25ClN4O4S2. The molecule has 2 aromatic heterocycles. The monoisotopic (exact) mass is 556 g/mol. The molecule has 0 aliphatic carbocycles. The highest BCUT2D eigenvalue weighted by molar-refractivity contribution is 7.99. The van der Waals surface area contributed by atoms with Gasteiger partial charge in [-0.3, -0.25) is 4.79 Å².